The van der Waals surface area contributed by atoms with E-state index in [0.29, 0.717) is 11.4 Å². The molecular formula is C21H19N4O4S+. The van der Waals surface area contributed by atoms with Crippen molar-refractivity contribution in [1.29, 1.82) is 0 Å². The number of hydrogen-bond donors (Lipinski definition) is 1. The van der Waals surface area contributed by atoms with Gasteiger partial charge in [-0.15, -0.1) is 0 Å². The molecule has 0 fully saturated rings. The first-order valence-corrected chi connectivity index (χ1v) is 10.0. The number of rotatable bonds is 6. The van der Waals surface area contributed by atoms with Crippen LogP contribution >= 0.6 is 0 Å². The minimum Gasteiger partial charge on any atom is -0.321 e. The Morgan fingerprint density at radius 3 is 2.37 bits per heavy atom. The summed E-state index contributed by atoms with van der Waals surface area (Å²) in [5.74, 6) is -0.905. The number of anilines is 2. The van der Waals surface area contributed by atoms with Crippen molar-refractivity contribution in [2.45, 2.75) is 13.5 Å². The van der Waals surface area contributed by atoms with Crippen LogP contribution in [-0.2, 0) is 21.8 Å². The SMILES string of the molecule is Cc1ccc(N(N=S(=O)=O)C(=O)c2ccc[n+](CC(=O)Nc3ccccc3)c2)cc1. The van der Waals surface area contributed by atoms with Crippen LogP contribution < -0.4 is 14.9 Å². The molecule has 1 N–H and O–H groups in total. The number of carbonyl (C=O) groups is 2. The number of hydrogen-bond acceptors (Lipinski definition) is 5. The minimum absolute atomic E-state index is 0.0226. The van der Waals surface area contributed by atoms with Gasteiger partial charge in [0.15, 0.2) is 12.4 Å². The third-order valence-electron chi connectivity index (χ3n) is 4.11. The van der Waals surface area contributed by atoms with E-state index in [9.17, 15) is 18.0 Å². The molecule has 0 aliphatic rings. The number of nitrogens with one attached hydrogen (secondary N) is 1. The molecule has 9 heteroatoms. The Balaban J connectivity index is 1.82. The molecule has 2 aromatic carbocycles. The summed E-state index contributed by atoms with van der Waals surface area (Å²) in [7, 11) is -2.82. The van der Waals surface area contributed by atoms with Gasteiger partial charge in [-0.2, -0.15) is 18.0 Å². The molecule has 152 valence electrons. The van der Waals surface area contributed by atoms with Gasteiger partial charge in [-0.05, 0) is 41.7 Å². The normalized spacial score (nSPS) is 10.2. The fraction of sp³-hybridized carbons (Fsp3) is 0.0952. The summed E-state index contributed by atoms with van der Waals surface area (Å²) in [5.41, 5.74) is 2.11. The zero-order chi connectivity index (χ0) is 21.5. The van der Waals surface area contributed by atoms with E-state index in [1.165, 1.54) is 16.8 Å². The predicted octanol–water partition coefficient (Wildman–Crippen LogP) is 2.55. The van der Waals surface area contributed by atoms with E-state index in [1.54, 1.807) is 48.7 Å². The summed E-state index contributed by atoms with van der Waals surface area (Å²) in [6.45, 7) is 1.85. The van der Waals surface area contributed by atoms with Gasteiger partial charge in [-0.1, -0.05) is 35.9 Å². The Labute approximate surface area is 175 Å². The van der Waals surface area contributed by atoms with E-state index in [1.807, 2.05) is 25.1 Å². The number of aromatic nitrogens is 1. The highest BCUT2D eigenvalue weighted by Crippen LogP contribution is 2.18. The van der Waals surface area contributed by atoms with Crippen LogP contribution in [0.3, 0.4) is 0 Å². The number of pyridine rings is 1. The van der Waals surface area contributed by atoms with Crippen molar-refractivity contribution in [2.75, 3.05) is 10.3 Å². The maximum absolute atomic E-state index is 12.9. The molecule has 0 spiro atoms. The molecule has 0 bridgehead atoms. The Morgan fingerprint density at radius 2 is 1.70 bits per heavy atom. The van der Waals surface area contributed by atoms with Gasteiger partial charge < -0.3 is 5.32 Å². The Kier molecular flexibility index (Phi) is 6.66. The van der Waals surface area contributed by atoms with Crippen molar-refractivity contribution in [3.8, 4) is 0 Å². The van der Waals surface area contributed by atoms with Gasteiger partial charge in [0.1, 0.15) is 5.56 Å². The summed E-state index contributed by atoms with van der Waals surface area (Å²) in [6, 6.07) is 18.8. The summed E-state index contributed by atoms with van der Waals surface area (Å²) in [4.78, 5) is 25.2. The molecule has 0 saturated heterocycles. The lowest BCUT2D eigenvalue weighted by Gasteiger charge is -2.14. The Bertz CT molecular complexity index is 1190. The number of aryl methyl sites for hydroxylation is 1. The van der Waals surface area contributed by atoms with E-state index in [-0.39, 0.29) is 18.0 Å². The van der Waals surface area contributed by atoms with Crippen LogP contribution in [0, 0.1) is 6.92 Å². The Morgan fingerprint density at radius 1 is 1.00 bits per heavy atom. The minimum atomic E-state index is -2.82. The fourth-order valence-electron chi connectivity index (χ4n) is 2.71. The first-order valence-electron chi connectivity index (χ1n) is 8.98. The quantitative estimate of drug-likeness (QED) is 0.486. The topological polar surface area (TPSA) is 99.8 Å². The van der Waals surface area contributed by atoms with Crippen LogP contribution in [0.25, 0.3) is 0 Å². The van der Waals surface area contributed by atoms with E-state index in [4.69, 9.17) is 0 Å². The number of para-hydroxylation sites is 1. The van der Waals surface area contributed by atoms with E-state index in [2.05, 4.69) is 9.79 Å². The summed E-state index contributed by atoms with van der Waals surface area (Å²) in [6.07, 6.45) is 3.11. The van der Waals surface area contributed by atoms with E-state index >= 15 is 0 Å². The summed E-state index contributed by atoms with van der Waals surface area (Å²) >= 11 is 0. The smallest absolute Gasteiger partial charge is 0.321 e. The molecule has 0 saturated carbocycles. The first-order chi connectivity index (χ1) is 14.4. The highest BCUT2D eigenvalue weighted by Gasteiger charge is 2.21. The molecule has 30 heavy (non-hydrogen) atoms. The lowest BCUT2D eigenvalue weighted by molar-refractivity contribution is -0.684. The maximum Gasteiger partial charge on any atom is 0.333 e. The van der Waals surface area contributed by atoms with Crippen LogP contribution in [0.4, 0.5) is 11.4 Å². The molecular weight excluding hydrogens is 404 g/mol. The third-order valence-corrected chi connectivity index (χ3v) is 4.40. The molecule has 0 aliphatic carbocycles. The number of carbonyl (C=O) groups excluding carboxylic acids is 2. The number of nitrogens with zero attached hydrogens (tertiary/aromatic N) is 3. The largest absolute Gasteiger partial charge is 0.333 e. The van der Waals surface area contributed by atoms with Crippen molar-refractivity contribution in [3.05, 3.63) is 90.3 Å². The highest BCUT2D eigenvalue weighted by atomic mass is 32.2. The van der Waals surface area contributed by atoms with Crippen molar-refractivity contribution in [1.82, 2.24) is 0 Å². The molecule has 0 aliphatic heterocycles. The van der Waals surface area contributed by atoms with Crippen molar-refractivity contribution < 1.29 is 22.6 Å². The molecule has 3 aromatic rings. The number of amides is 2. The zero-order valence-corrected chi connectivity index (χ0v) is 16.9. The summed E-state index contributed by atoms with van der Waals surface area (Å²) in [5, 5.41) is 3.58. The predicted molar refractivity (Wildman–Crippen MR) is 111 cm³/mol. The number of benzene rings is 2. The lowest BCUT2D eigenvalue weighted by atomic mass is 10.2. The van der Waals surface area contributed by atoms with Crippen LogP contribution in [0.1, 0.15) is 15.9 Å². The average molecular weight is 423 g/mol. The zero-order valence-electron chi connectivity index (χ0n) is 16.1. The monoisotopic (exact) mass is 423 g/mol. The second-order valence-electron chi connectivity index (χ2n) is 6.43. The lowest BCUT2D eigenvalue weighted by Crippen LogP contribution is -2.41. The van der Waals surface area contributed by atoms with Gasteiger partial charge in [0.25, 0.3) is 11.8 Å². The van der Waals surface area contributed by atoms with Gasteiger partial charge >= 0.3 is 10.5 Å². The standard InChI is InChI=1S/C21H18N4O4S/c1-16-9-11-19(12-10-16)25(23-30(28)29)21(27)17-6-5-13-24(14-17)15-20(26)22-18-7-3-2-4-8-18/h2-14H,15H2,1H3/p+1. The van der Waals surface area contributed by atoms with Gasteiger partial charge in [0.05, 0.1) is 5.69 Å². The highest BCUT2D eigenvalue weighted by molar-refractivity contribution is 7.61. The third kappa shape index (κ3) is 5.58. The maximum atomic E-state index is 12.9. The molecule has 0 unspecified atom stereocenters. The molecule has 2 amide bonds. The van der Waals surface area contributed by atoms with E-state index < -0.39 is 16.4 Å². The van der Waals surface area contributed by atoms with Crippen molar-refractivity contribution in [2.24, 2.45) is 4.47 Å². The second kappa shape index (κ2) is 9.57. The molecule has 8 nitrogen and oxygen atoms in total. The fourth-order valence-corrected chi connectivity index (χ4v) is 3.01. The van der Waals surface area contributed by atoms with Crippen LogP contribution in [-0.4, -0.2) is 20.2 Å². The van der Waals surface area contributed by atoms with Crippen LogP contribution in [0.2, 0.25) is 0 Å². The Hall–Kier alpha value is -3.85. The van der Waals surface area contributed by atoms with Crippen molar-refractivity contribution >= 4 is 33.7 Å². The van der Waals surface area contributed by atoms with Crippen LogP contribution in [0.15, 0.2) is 83.6 Å². The first kappa shape index (κ1) is 20.9. The van der Waals surface area contributed by atoms with Gasteiger partial charge in [0.2, 0.25) is 6.54 Å². The van der Waals surface area contributed by atoms with Gasteiger partial charge in [0, 0.05) is 11.8 Å². The molecule has 0 radical (unpaired) electrons. The van der Waals surface area contributed by atoms with Gasteiger partial charge in [-0.3, -0.25) is 9.59 Å². The molecule has 1 aromatic heterocycles. The molecule has 1 heterocycles. The average Bonchev–Trinajstić information content (AvgIpc) is 2.73. The summed E-state index contributed by atoms with van der Waals surface area (Å²) < 4.78 is 27.3. The molecule has 3 rings (SSSR count). The van der Waals surface area contributed by atoms with Crippen LogP contribution in [0.5, 0.6) is 0 Å². The van der Waals surface area contributed by atoms with Gasteiger partial charge in [-0.25, -0.2) is 0 Å². The molecule has 0 atom stereocenters. The van der Waals surface area contributed by atoms with E-state index in [0.717, 1.165) is 10.6 Å². The second-order valence-corrected chi connectivity index (χ2v) is 7.03. The van der Waals surface area contributed by atoms with Crippen molar-refractivity contribution in [3.63, 3.8) is 0 Å².